The summed E-state index contributed by atoms with van der Waals surface area (Å²) in [6.45, 7) is 3.42. The molecule has 0 unspecified atom stereocenters. The number of hydrogen-bond acceptors (Lipinski definition) is 3. The van der Waals surface area contributed by atoms with Gasteiger partial charge in [0.1, 0.15) is 0 Å². The molecule has 0 fully saturated rings. The van der Waals surface area contributed by atoms with Crippen molar-refractivity contribution in [2.45, 2.75) is 26.7 Å². The number of hydrogen-bond donors (Lipinski definition) is 1. The maximum atomic E-state index is 10.9. The maximum Gasteiger partial charge on any atom is 1.00 e. The van der Waals surface area contributed by atoms with E-state index in [0.717, 1.165) is 17.9 Å². The molecule has 0 atom stereocenters. The van der Waals surface area contributed by atoms with Crippen LogP contribution in [0.5, 0.6) is 0 Å². The molecule has 0 saturated heterocycles. The molecular formula is C12H17N2NaO2S. The Labute approximate surface area is 136 Å². The number of nitrogens with zero attached hydrogens (tertiary/aromatic N) is 1. The van der Waals surface area contributed by atoms with Crippen molar-refractivity contribution in [1.29, 1.82) is 0 Å². The minimum Gasteiger partial charge on any atom is -1.00 e. The second-order valence-corrected chi connectivity index (χ2v) is 4.05. The van der Waals surface area contributed by atoms with Crippen LogP contribution >= 0.6 is 12.2 Å². The summed E-state index contributed by atoms with van der Waals surface area (Å²) < 4.78 is 0. The summed E-state index contributed by atoms with van der Waals surface area (Å²) in [5.41, 5.74) is 7.36. The van der Waals surface area contributed by atoms with Crippen molar-refractivity contribution in [1.82, 2.24) is 0 Å². The molecule has 0 amide bonds. The number of carbonyl (C=O) groups excluding carboxylic acids is 1. The molecule has 0 heterocycles. The standard InChI is InChI=1S/C12H16N2O2S.Na.H/c1-3-4-10-5-7-11(8-6-10)14(12(13)17)16-9(2)15;;/h5-8H,3-4H2,1-2H3,(H2,13,17);;/q;+1;-1. The summed E-state index contributed by atoms with van der Waals surface area (Å²) in [6.07, 6.45) is 2.10. The van der Waals surface area contributed by atoms with Gasteiger partial charge in [0.05, 0.1) is 5.69 Å². The number of benzene rings is 1. The number of aryl methyl sites for hydroxylation is 1. The zero-order chi connectivity index (χ0) is 12.8. The quantitative estimate of drug-likeness (QED) is 0.449. The van der Waals surface area contributed by atoms with E-state index in [1.54, 1.807) is 0 Å². The van der Waals surface area contributed by atoms with E-state index in [9.17, 15) is 4.79 Å². The molecule has 94 valence electrons. The molecule has 0 bridgehead atoms. The normalized spacial score (nSPS) is 9.22. The first-order valence-electron chi connectivity index (χ1n) is 5.41. The van der Waals surface area contributed by atoms with E-state index in [0.29, 0.717) is 5.69 Å². The minimum atomic E-state index is -0.463. The first-order chi connectivity index (χ1) is 8.04. The monoisotopic (exact) mass is 276 g/mol. The molecule has 0 saturated carbocycles. The molecule has 4 nitrogen and oxygen atoms in total. The Morgan fingerprint density at radius 3 is 2.39 bits per heavy atom. The van der Waals surface area contributed by atoms with Crippen LogP contribution in [-0.4, -0.2) is 11.1 Å². The van der Waals surface area contributed by atoms with Gasteiger partial charge in [0.15, 0.2) is 0 Å². The van der Waals surface area contributed by atoms with Crippen LogP contribution in [-0.2, 0) is 16.1 Å². The number of anilines is 1. The van der Waals surface area contributed by atoms with Crippen LogP contribution in [0.4, 0.5) is 5.69 Å². The van der Waals surface area contributed by atoms with Crippen LogP contribution < -0.4 is 40.4 Å². The van der Waals surface area contributed by atoms with Gasteiger partial charge in [-0.25, -0.2) is 4.79 Å². The summed E-state index contributed by atoms with van der Waals surface area (Å²) in [5.74, 6) is -0.463. The smallest absolute Gasteiger partial charge is 1.00 e. The van der Waals surface area contributed by atoms with Crippen LogP contribution in [0.3, 0.4) is 0 Å². The average Bonchev–Trinajstić information content (AvgIpc) is 2.27. The Morgan fingerprint density at radius 1 is 1.44 bits per heavy atom. The van der Waals surface area contributed by atoms with Crippen molar-refractivity contribution >= 4 is 29.0 Å². The Morgan fingerprint density at radius 2 is 2.00 bits per heavy atom. The SMILES string of the molecule is CCCc1ccc(N(OC(C)=O)C(N)=S)cc1.[H-].[Na+]. The summed E-state index contributed by atoms with van der Waals surface area (Å²) in [7, 11) is 0. The van der Waals surface area contributed by atoms with E-state index in [1.165, 1.54) is 12.5 Å². The van der Waals surface area contributed by atoms with E-state index >= 15 is 0 Å². The van der Waals surface area contributed by atoms with Gasteiger partial charge in [0.2, 0.25) is 5.11 Å². The van der Waals surface area contributed by atoms with E-state index < -0.39 is 5.97 Å². The van der Waals surface area contributed by atoms with E-state index in [-0.39, 0.29) is 36.1 Å². The van der Waals surface area contributed by atoms with Gasteiger partial charge < -0.3 is 12.0 Å². The van der Waals surface area contributed by atoms with Crippen molar-refractivity contribution in [3.63, 3.8) is 0 Å². The number of thiocarbonyl (C=S) groups is 1. The van der Waals surface area contributed by atoms with Crippen molar-refractivity contribution in [3.8, 4) is 0 Å². The van der Waals surface area contributed by atoms with E-state index in [1.807, 2.05) is 24.3 Å². The van der Waals surface area contributed by atoms with E-state index in [2.05, 4.69) is 6.92 Å². The molecule has 0 aliphatic rings. The van der Waals surface area contributed by atoms with Crippen molar-refractivity contribution < 1.29 is 40.6 Å². The van der Waals surface area contributed by atoms with Crippen molar-refractivity contribution in [2.75, 3.05) is 5.06 Å². The predicted molar refractivity (Wildman–Crippen MR) is 72.6 cm³/mol. The summed E-state index contributed by atoms with van der Waals surface area (Å²) >= 11 is 4.83. The van der Waals surface area contributed by atoms with Gasteiger partial charge in [-0.3, -0.25) is 0 Å². The van der Waals surface area contributed by atoms with Crippen molar-refractivity contribution in [3.05, 3.63) is 29.8 Å². The Bertz CT molecular complexity index is 415. The van der Waals surface area contributed by atoms with Gasteiger partial charge in [0, 0.05) is 6.92 Å². The molecule has 6 heteroatoms. The summed E-state index contributed by atoms with van der Waals surface area (Å²) in [4.78, 5) is 15.8. The van der Waals surface area contributed by atoms with Crippen LogP contribution in [0.15, 0.2) is 24.3 Å². The van der Waals surface area contributed by atoms with Crippen LogP contribution in [0.25, 0.3) is 0 Å². The van der Waals surface area contributed by atoms with Gasteiger partial charge >= 0.3 is 35.5 Å². The minimum absolute atomic E-state index is 0. The van der Waals surface area contributed by atoms with Gasteiger partial charge in [-0.1, -0.05) is 25.5 Å². The number of nitrogens with two attached hydrogens (primary N) is 1. The first-order valence-corrected chi connectivity index (χ1v) is 5.82. The summed E-state index contributed by atoms with van der Waals surface area (Å²) in [6, 6.07) is 7.58. The zero-order valence-electron chi connectivity index (χ0n) is 12.0. The van der Waals surface area contributed by atoms with Crippen LogP contribution in [0.2, 0.25) is 0 Å². The van der Waals surface area contributed by atoms with E-state index in [4.69, 9.17) is 22.8 Å². The fraction of sp³-hybridized carbons (Fsp3) is 0.333. The van der Waals surface area contributed by atoms with Gasteiger partial charge in [-0.05, 0) is 36.3 Å². The third kappa shape index (κ3) is 5.35. The van der Waals surface area contributed by atoms with Crippen molar-refractivity contribution in [2.24, 2.45) is 5.73 Å². The van der Waals surface area contributed by atoms with Crippen LogP contribution in [0, 0.1) is 0 Å². The topological polar surface area (TPSA) is 55.6 Å². The second kappa shape index (κ2) is 8.48. The predicted octanol–water partition coefficient (Wildman–Crippen LogP) is -0.716. The van der Waals surface area contributed by atoms with Gasteiger partial charge in [-0.2, -0.15) is 0 Å². The fourth-order valence-electron chi connectivity index (χ4n) is 1.44. The zero-order valence-corrected chi connectivity index (χ0v) is 13.8. The number of rotatable bonds is 3. The Balaban J connectivity index is 0. The molecule has 0 aromatic heterocycles. The number of hydroxylamine groups is 1. The summed E-state index contributed by atoms with van der Waals surface area (Å²) in [5, 5.41) is 1.15. The first kappa shape index (κ1) is 17.4. The van der Waals surface area contributed by atoms with Gasteiger partial charge in [0.25, 0.3) is 0 Å². The number of carbonyl (C=O) groups is 1. The fourth-order valence-corrected chi connectivity index (χ4v) is 1.58. The van der Waals surface area contributed by atoms with Crippen LogP contribution in [0.1, 0.15) is 27.3 Å². The Kier molecular flexibility index (Phi) is 8.18. The third-order valence-corrected chi connectivity index (χ3v) is 2.30. The molecule has 0 spiro atoms. The molecule has 2 N–H and O–H groups in total. The molecular weight excluding hydrogens is 259 g/mol. The molecule has 1 aromatic carbocycles. The molecule has 0 radical (unpaired) electrons. The second-order valence-electron chi connectivity index (χ2n) is 3.63. The maximum absolute atomic E-state index is 10.9. The largest absolute Gasteiger partial charge is 1.00 e. The molecule has 18 heavy (non-hydrogen) atoms. The average molecular weight is 276 g/mol. The molecule has 0 aliphatic carbocycles. The van der Waals surface area contributed by atoms with Gasteiger partial charge in [-0.15, -0.1) is 5.06 Å². The molecule has 1 aromatic rings. The Hall–Kier alpha value is -0.620. The third-order valence-electron chi connectivity index (χ3n) is 2.13. The molecule has 1 rings (SSSR count). The molecule has 0 aliphatic heterocycles.